The van der Waals surface area contributed by atoms with Crippen LogP contribution in [-0.2, 0) is 16.0 Å². The average molecular weight is 501 g/mol. The van der Waals surface area contributed by atoms with Gasteiger partial charge in [0.1, 0.15) is 17.3 Å². The lowest BCUT2D eigenvalue weighted by Crippen LogP contribution is -2.16. The van der Waals surface area contributed by atoms with E-state index in [4.69, 9.17) is 14.4 Å². The number of hydrogen-bond acceptors (Lipinski definition) is 8. The lowest BCUT2D eigenvalue weighted by Gasteiger charge is -2.14. The predicted molar refractivity (Wildman–Crippen MR) is 135 cm³/mol. The van der Waals surface area contributed by atoms with Crippen LogP contribution in [0.5, 0.6) is 0 Å². The number of nitrogens with one attached hydrogen (secondary N) is 1. The van der Waals surface area contributed by atoms with Gasteiger partial charge in [0, 0.05) is 5.56 Å². The van der Waals surface area contributed by atoms with Crippen LogP contribution in [0.2, 0.25) is 0 Å². The lowest BCUT2D eigenvalue weighted by molar-refractivity contribution is -0.136. The standard InChI is InChI=1S/C26H20N4O5S/c1-15(17-5-3-2-4-6-17)34-26(33)28-21-14-27-35-24(21)20-12-11-19(25-23(20)29-30-36-25)18-9-7-16(8-10-18)13-22(31)32/h2-12,14-15H,13H2,1H3,(H,28,33)(H,31,32). The van der Waals surface area contributed by atoms with Gasteiger partial charge in [0.2, 0.25) is 0 Å². The molecular formula is C26H20N4O5S. The highest BCUT2D eigenvalue weighted by Gasteiger charge is 2.21. The van der Waals surface area contributed by atoms with E-state index >= 15 is 0 Å². The van der Waals surface area contributed by atoms with Crippen LogP contribution >= 0.6 is 11.5 Å². The maximum Gasteiger partial charge on any atom is 0.412 e. The van der Waals surface area contributed by atoms with E-state index in [1.54, 1.807) is 19.1 Å². The Hall–Kier alpha value is -4.57. The minimum absolute atomic E-state index is 0.0371. The molecule has 3 aromatic carbocycles. The van der Waals surface area contributed by atoms with Gasteiger partial charge in [0.25, 0.3) is 0 Å². The van der Waals surface area contributed by atoms with Crippen molar-refractivity contribution in [3.8, 4) is 22.5 Å². The number of carbonyl (C=O) groups is 2. The van der Waals surface area contributed by atoms with Crippen LogP contribution in [0.3, 0.4) is 0 Å². The van der Waals surface area contributed by atoms with E-state index in [0.717, 1.165) is 21.4 Å². The summed E-state index contributed by atoms with van der Waals surface area (Å²) in [7, 11) is 0. The second kappa shape index (κ2) is 9.96. The number of aliphatic carboxylic acids is 1. The Bertz CT molecular complexity index is 1530. The van der Waals surface area contributed by atoms with Gasteiger partial charge in [-0.05, 0) is 41.2 Å². The zero-order valence-corrected chi connectivity index (χ0v) is 19.9. The van der Waals surface area contributed by atoms with Gasteiger partial charge in [-0.2, -0.15) is 0 Å². The third-order valence-electron chi connectivity index (χ3n) is 5.63. The van der Waals surface area contributed by atoms with E-state index in [-0.39, 0.29) is 6.42 Å². The highest BCUT2D eigenvalue weighted by atomic mass is 32.1. The average Bonchev–Trinajstić information content (AvgIpc) is 3.54. The molecule has 5 aromatic rings. The fourth-order valence-electron chi connectivity index (χ4n) is 3.87. The van der Waals surface area contributed by atoms with Crippen molar-refractivity contribution < 1.29 is 24.0 Å². The molecule has 10 heteroatoms. The number of rotatable bonds is 7. The first-order valence-electron chi connectivity index (χ1n) is 11.0. The molecule has 1 amide bonds. The van der Waals surface area contributed by atoms with Crippen molar-refractivity contribution in [2.45, 2.75) is 19.4 Å². The van der Waals surface area contributed by atoms with E-state index < -0.39 is 18.2 Å². The molecule has 0 aliphatic carbocycles. The summed E-state index contributed by atoms with van der Waals surface area (Å²) in [5, 5.41) is 19.8. The largest absolute Gasteiger partial charge is 0.481 e. The van der Waals surface area contributed by atoms with Crippen LogP contribution < -0.4 is 5.32 Å². The molecule has 0 saturated carbocycles. The smallest absolute Gasteiger partial charge is 0.412 e. The van der Waals surface area contributed by atoms with Gasteiger partial charge in [-0.25, -0.2) is 4.79 Å². The first-order chi connectivity index (χ1) is 17.5. The van der Waals surface area contributed by atoms with E-state index in [0.29, 0.717) is 28.1 Å². The maximum absolute atomic E-state index is 12.6. The number of fused-ring (bicyclic) bond motifs is 1. The first-order valence-corrected chi connectivity index (χ1v) is 11.8. The van der Waals surface area contributed by atoms with Crippen LogP contribution in [0, 0.1) is 0 Å². The van der Waals surface area contributed by atoms with Crippen LogP contribution in [0.15, 0.2) is 77.4 Å². The molecule has 1 unspecified atom stereocenters. The summed E-state index contributed by atoms with van der Waals surface area (Å²) >= 11 is 1.23. The molecule has 2 aromatic heterocycles. The molecule has 1 atom stereocenters. The number of anilines is 1. The number of amides is 1. The molecule has 0 spiro atoms. The van der Waals surface area contributed by atoms with Crippen LogP contribution in [-0.4, -0.2) is 31.9 Å². The predicted octanol–water partition coefficient (Wildman–Crippen LogP) is 5.95. The second-order valence-electron chi connectivity index (χ2n) is 8.03. The van der Waals surface area contributed by atoms with E-state index in [2.05, 4.69) is 20.1 Å². The van der Waals surface area contributed by atoms with Gasteiger partial charge < -0.3 is 14.4 Å². The molecule has 0 fully saturated rings. The van der Waals surface area contributed by atoms with Crippen molar-refractivity contribution in [1.82, 2.24) is 14.7 Å². The highest BCUT2D eigenvalue weighted by molar-refractivity contribution is 7.13. The molecular weight excluding hydrogens is 480 g/mol. The van der Waals surface area contributed by atoms with Crippen molar-refractivity contribution in [3.63, 3.8) is 0 Å². The number of carbonyl (C=O) groups excluding carboxylic acids is 1. The van der Waals surface area contributed by atoms with E-state index in [1.807, 2.05) is 54.6 Å². The van der Waals surface area contributed by atoms with E-state index in [9.17, 15) is 9.59 Å². The van der Waals surface area contributed by atoms with Crippen molar-refractivity contribution in [3.05, 3.63) is 84.1 Å². The maximum atomic E-state index is 12.6. The first kappa shape index (κ1) is 23.2. The number of aromatic nitrogens is 3. The molecule has 0 aliphatic heterocycles. The van der Waals surface area contributed by atoms with Crippen molar-refractivity contribution in [2.24, 2.45) is 0 Å². The van der Waals surface area contributed by atoms with Gasteiger partial charge in [0.15, 0.2) is 5.76 Å². The Kier molecular flexibility index (Phi) is 6.42. The summed E-state index contributed by atoms with van der Waals surface area (Å²) in [5.74, 6) is -0.545. The second-order valence-corrected chi connectivity index (χ2v) is 8.78. The van der Waals surface area contributed by atoms with Gasteiger partial charge >= 0.3 is 12.1 Å². The van der Waals surface area contributed by atoms with Crippen LogP contribution in [0.25, 0.3) is 32.7 Å². The summed E-state index contributed by atoms with van der Waals surface area (Å²) < 4.78 is 15.9. The molecule has 0 bridgehead atoms. The fraction of sp³-hybridized carbons (Fsp3) is 0.115. The molecule has 36 heavy (non-hydrogen) atoms. The van der Waals surface area contributed by atoms with Crippen molar-refractivity contribution >= 4 is 39.5 Å². The zero-order valence-electron chi connectivity index (χ0n) is 19.0. The molecule has 2 N–H and O–H groups in total. The minimum Gasteiger partial charge on any atom is -0.481 e. The van der Waals surface area contributed by atoms with E-state index in [1.165, 1.54) is 17.7 Å². The van der Waals surface area contributed by atoms with Crippen LogP contribution in [0.1, 0.15) is 24.2 Å². The fourth-order valence-corrected chi connectivity index (χ4v) is 4.59. The highest BCUT2D eigenvalue weighted by Crippen LogP contribution is 2.39. The molecule has 5 rings (SSSR count). The number of hydrogen-bond donors (Lipinski definition) is 2. The SMILES string of the molecule is CC(OC(=O)Nc1cnoc1-c1ccc(-c2ccc(CC(=O)O)cc2)c2snnc12)c1ccccc1. The Morgan fingerprint density at radius 2 is 1.81 bits per heavy atom. The third-order valence-corrected chi connectivity index (χ3v) is 6.39. The topological polar surface area (TPSA) is 127 Å². The molecule has 0 aliphatic rings. The summed E-state index contributed by atoms with van der Waals surface area (Å²) in [6, 6.07) is 20.5. The quantitative estimate of drug-likeness (QED) is 0.281. The van der Waals surface area contributed by atoms with Gasteiger partial charge in [-0.3, -0.25) is 10.1 Å². The summed E-state index contributed by atoms with van der Waals surface area (Å²) in [6.45, 7) is 1.79. The Balaban J connectivity index is 1.40. The molecule has 9 nitrogen and oxygen atoms in total. The zero-order chi connectivity index (χ0) is 25.1. The molecule has 2 heterocycles. The molecule has 0 saturated heterocycles. The normalized spacial score (nSPS) is 11.8. The molecule has 180 valence electrons. The summed E-state index contributed by atoms with van der Waals surface area (Å²) in [5.41, 5.74) is 4.96. The Labute approximate surface area is 209 Å². The molecule has 0 radical (unpaired) electrons. The Morgan fingerprint density at radius 1 is 1.06 bits per heavy atom. The minimum atomic E-state index is -0.879. The van der Waals surface area contributed by atoms with Crippen molar-refractivity contribution in [1.29, 1.82) is 0 Å². The Morgan fingerprint density at radius 3 is 2.56 bits per heavy atom. The number of ether oxygens (including phenoxy) is 1. The number of benzene rings is 3. The monoisotopic (exact) mass is 500 g/mol. The van der Waals surface area contributed by atoms with Gasteiger partial charge in [-0.1, -0.05) is 70.3 Å². The summed E-state index contributed by atoms with van der Waals surface area (Å²) in [6.07, 6.45) is 0.293. The number of nitrogens with zero attached hydrogens (tertiary/aromatic N) is 3. The summed E-state index contributed by atoms with van der Waals surface area (Å²) in [4.78, 5) is 23.5. The van der Waals surface area contributed by atoms with Gasteiger partial charge in [-0.15, -0.1) is 5.10 Å². The third kappa shape index (κ3) is 4.80. The number of carboxylic acids is 1. The van der Waals surface area contributed by atoms with Crippen molar-refractivity contribution in [2.75, 3.05) is 5.32 Å². The number of carboxylic acid groups (broad SMARTS) is 1. The van der Waals surface area contributed by atoms with Gasteiger partial charge in [0.05, 0.1) is 22.9 Å². The lowest BCUT2D eigenvalue weighted by atomic mass is 10.00. The van der Waals surface area contributed by atoms with Crippen LogP contribution in [0.4, 0.5) is 10.5 Å².